The van der Waals surface area contributed by atoms with Gasteiger partial charge in [-0.3, -0.25) is 4.79 Å². The molecule has 2 aliphatic rings. The second-order valence-electron chi connectivity index (χ2n) is 8.74. The number of amides is 3. The minimum Gasteiger partial charge on any atom is -0.483 e. The van der Waals surface area contributed by atoms with Gasteiger partial charge in [-0.15, -0.1) is 0 Å². The number of hydrogen-bond donors (Lipinski definition) is 1. The minimum atomic E-state index is -0.620. The van der Waals surface area contributed by atoms with E-state index in [-0.39, 0.29) is 29.8 Å². The van der Waals surface area contributed by atoms with Crippen LogP contribution in [-0.4, -0.2) is 69.1 Å². The molecule has 0 radical (unpaired) electrons. The summed E-state index contributed by atoms with van der Waals surface area (Å²) in [7, 11) is 1.55. The number of urea groups is 1. The molecule has 0 bridgehead atoms. The predicted molar refractivity (Wildman–Crippen MR) is 130 cm³/mol. The third-order valence-electron chi connectivity index (χ3n) is 6.39. The van der Waals surface area contributed by atoms with E-state index in [4.69, 9.17) is 4.74 Å². The number of benzene rings is 1. The van der Waals surface area contributed by atoms with Crippen molar-refractivity contribution < 1.29 is 18.7 Å². The van der Waals surface area contributed by atoms with Crippen LogP contribution in [0.4, 0.5) is 9.18 Å². The maximum atomic E-state index is 14.5. The van der Waals surface area contributed by atoms with Gasteiger partial charge in [-0.05, 0) is 19.4 Å². The first kappa shape index (κ1) is 23.5. The van der Waals surface area contributed by atoms with Crippen molar-refractivity contribution in [3.05, 3.63) is 70.9 Å². The maximum absolute atomic E-state index is 14.5. The molecular weight excluding hydrogens is 465 g/mol. The largest absolute Gasteiger partial charge is 0.483 e. The van der Waals surface area contributed by atoms with Gasteiger partial charge in [0.1, 0.15) is 6.10 Å². The smallest absolute Gasteiger partial charge is 0.341 e. The van der Waals surface area contributed by atoms with Crippen LogP contribution in [0.1, 0.15) is 39.8 Å². The number of nitrogens with one attached hydrogen (secondary N) is 1. The lowest BCUT2D eigenvalue weighted by molar-refractivity contribution is 0.0256. The number of rotatable bonds is 5. The van der Waals surface area contributed by atoms with Gasteiger partial charge in [0.25, 0.3) is 5.91 Å². The average Bonchev–Trinajstić information content (AvgIpc) is 3.46. The zero-order chi connectivity index (χ0) is 25.4. The molecule has 2 aliphatic heterocycles. The number of likely N-dealkylation sites (tertiary alicyclic amines) is 1. The zero-order valence-corrected chi connectivity index (χ0v) is 20.2. The molecular formula is C25H26FN7O3. The first-order chi connectivity index (χ1) is 17.4. The van der Waals surface area contributed by atoms with Gasteiger partial charge in [-0.2, -0.15) is 10.2 Å². The van der Waals surface area contributed by atoms with Crippen LogP contribution >= 0.6 is 0 Å². The van der Waals surface area contributed by atoms with Crippen LogP contribution in [0.2, 0.25) is 0 Å². The van der Waals surface area contributed by atoms with Crippen LogP contribution < -0.4 is 10.1 Å². The van der Waals surface area contributed by atoms with Gasteiger partial charge in [-0.1, -0.05) is 30.3 Å². The van der Waals surface area contributed by atoms with Crippen molar-refractivity contribution >= 4 is 18.2 Å². The van der Waals surface area contributed by atoms with E-state index in [1.54, 1.807) is 32.0 Å². The lowest BCUT2D eigenvalue weighted by atomic mass is 10.0. The van der Waals surface area contributed by atoms with Crippen LogP contribution in [0.5, 0.6) is 5.75 Å². The number of pyridine rings is 1. The molecule has 3 amide bonds. The molecule has 0 aliphatic carbocycles. The van der Waals surface area contributed by atoms with E-state index in [0.29, 0.717) is 42.3 Å². The quantitative estimate of drug-likeness (QED) is 0.591. The fourth-order valence-corrected chi connectivity index (χ4v) is 4.48. The number of carbonyl (C=O) groups is 2. The Balaban J connectivity index is 1.26. The third-order valence-corrected chi connectivity index (χ3v) is 6.39. The van der Waals surface area contributed by atoms with E-state index >= 15 is 0 Å². The van der Waals surface area contributed by atoms with E-state index < -0.39 is 5.82 Å². The Morgan fingerprint density at radius 1 is 1.17 bits per heavy atom. The second kappa shape index (κ2) is 9.40. The van der Waals surface area contributed by atoms with Crippen molar-refractivity contribution in [1.82, 2.24) is 30.0 Å². The fourth-order valence-electron chi connectivity index (χ4n) is 4.48. The molecule has 1 aromatic carbocycles. The summed E-state index contributed by atoms with van der Waals surface area (Å²) in [5, 5.41) is 12.7. The number of hydrogen-bond acceptors (Lipinski definition) is 6. The molecule has 1 N–H and O–H groups in total. The molecule has 1 fully saturated rings. The summed E-state index contributed by atoms with van der Waals surface area (Å²) in [6.45, 7) is 4.09. The van der Waals surface area contributed by atoms with Crippen LogP contribution in [-0.2, 0) is 0 Å². The number of aromatic nitrogens is 3. The summed E-state index contributed by atoms with van der Waals surface area (Å²) in [4.78, 5) is 30.9. The molecule has 3 aromatic rings. The van der Waals surface area contributed by atoms with E-state index in [9.17, 15) is 14.0 Å². The second-order valence-corrected chi connectivity index (χ2v) is 8.74. The number of ether oxygens (including phenoxy) is 1. The molecule has 1 atom stereocenters. The summed E-state index contributed by atoms with van der Waals surface area (Å²) in [6.07, 6.45) is 3.09. The van der Waals surface area contributed by atoms with Crippen LogP contribution in [0.25, 0.3) is 5.82 Å². The zero-order valence-electron chi connectivity index (χ0n) is 20.2. The highest BCUT2D eigenvalue weighted by molar-refractivity contribution is 5.96. The third kappa shape index (κ3) is 4.16. The summed E-state index contributed by atoms with van der Waals surface area (Å²) >= 11 is 0. The van der Waals surface area contributed by atoms with E-state index in [2.05, 4.69) is 20.5 Å². The van der Waals surface area contributed by atoms with E-state index in [0.717, 1.165) is 11.8 Å². The van der Waals surface area contributed by atoms with Crippen molar-refractivity contribution in [2.75, 3.05) is 20.1 Å². The van der Waals surface area contributed by atoms with Crippen LogP contribution in [0.3, 0.4) is 0 Å². The first-order valence-corrected chi connectivity index (χ1v) is 11.6. The SMILES string of the molecule is CNC(=O)c1c(C)nn(-c2cc(OC3CN(C(=O)N4N=CCC4c4ccccc4)C3)c(F)cn2)c1C. The molecule has 10 nitrogen and oxygen atoms in total. The normalized spacial score (nSPS) is 17.3. The summed E-state index contributed by atoms with van der Waals surface area (Å²) in [6, 6.07) is 10.9. The molecule has 1 unspecified atom stereocenters. The number of hydrazone groups is 1. The fraction of sp³-hybridized carbons (Fsp3) is 0.320. The lowest BCUT2D eigenvalue weighted by Crippen LogP contribution is -2.58. The van der Waals surface area contributed by atoms with Crippen molar-refractivity contribution in [2.24, 2.45) is 5.10 Å². The molecule has 11 heteroatoms. The number of aryl methyl sites for hydroxylation is 1. The summed E-state index contributed by atoms with van der Waals surface area (Å²) in [5.41, 5.74) is 2.58. The van der Waals surface area contributed by atoms with Crippen molar-refractivity contribution in [1.29, 1.82) is 0 Å². The molecule has 186 valence electrons. The van der Waals surface area contributed by atoms with Gasteiger partial charge >= 0.3 is 6.03 Å². The Labute approximate surface area is 207 Å². The van der Waals surface area contributed by atoms with E-state index in [1.165, 1.54) is 15.8 Å². The summed E-state index contributed by atoms with van der Waals surface area (Å²) < 4.78 is 21.9. The van der Waals surface area contributed by atoms with Gasteiger partial charge in [0, 0.05) is 25.7 Å². The molecule has 0 spiro atoms. The van der Waals surface area contributed by atoms with Crippen LogP contribution in [0, 0.1) is 19.7 Å². The highest BCUT2D eigenvalue weighted by atomic mass is 19.1. The van der Waals surface area contributed by atoms with Crippen LogP contribution in [0.15, 0.2) is 47.7 Å². The molecule has 5 rings (SSSR count). The van der Waals surface area contributed by atoms with Gasteiger partial charge < -0.3 is 15.0 Å². The molecule has 36 heavy (non-hydrogen) atoms. The number of nitrogens with zero attached hydrogens (tertiary/aromatic N) is 6. The number of carbonyl (C=O) groups excluding carboxylic acids is 2. The van der Waals surface area contributed by atoms with Crippen molar-refractivity contribution in [3.63, 3.8) is 0 Å². The van der Waals surface area contributed by atoms with Gasteiger partial charge in [0.05, 0.1) is 42.3 Å². The van der Waals surface area contributed by atoms with Gasteiger partial charge in [-0.25, -0.2) is 23.9 Å². The molecule has 0 saturated carbocycles. The Morgan fingerprint density at radius 2 is 1.92 bits per heavy atom. The molecule has 1 saturated heterocycles. The molecule has 4 heterocycles. The summed E-state index contributed by atoms with van der Waals surface area (Å²) in [5.74, 6) is -0.546. The highest BCUT2D eigenvalue weighted by Gasteiger charge is 2.39. The van der Waals surface area contributed by atoms with Crippen molar-refractivity contribution in [3.8, 4) is 11.6 Å². The number of halogens is 1. The Bertz CT molecular complexity index is 1330. The maximum Gasteiger partial charge on any atom is 0.341 e. The predicted octanol–water partition coefficient (Wildman–Crippen LogP) is 3.00. The highest BCUT2D eigenvalue weighted by Crippen LogP contribution is 2.31. The Hall–Kier alpha value is -4.28. The van der Waals surface area contributed by atoms with Crippen molar-refractivity contribution in [2.45, 2.75) is 32.4 Å². The lowest BCUT2D eigenvalue weighted by Gasteiger charge is -2.41. The Morgan fingerprint density at radius 3 is 2.64 bits per heavy atom. The monoisotopic (exact) mass is 491 g/mol. The van der Waals surface area contributed by atoms with Gasteiger partial charge in [0.2, 0.25) is 0 Å². The van der Waals surface area contributed by atoms with Gasteiger partial charge in [0.15, 0.2) is 17.4 Å². The first-order valence-electron chi connectivity index (χ1n) is 11.6. The standard InChI is InChI=1S/C25H26FN7O3/c1-15-23(24(34)27-3)16(2)32(30-15)22-11-21(19(26)12-28-22)36-18-13-31(14-18)25(35)33-20(9-10-29-33)17-7-5-4-6-8-17/h4-8,10-12,18,20H,9,13-14H2,1-3H3,(H,27,34). The topological polar surface area (TPSA) is 105 Å². The molecule has 2 aromatic heterocycles. The average molecular weight is 492 g/mol. The van der Waals surface area contributed by atoms with E-state index in [1.807, 2.05) is 30.3 Å². The minimum absolute atomic E-state index is 0.00694. The Kier molecular flexibility index (Phi) is 6.13.